The van der Waals surface area contributed by atoms with Gasteiger partial charge in [0.25, 0.3) is 0 Å². The van der Waals surface area contributed by atoms with Gasteiger partial charge in [-0.15, -0.1) is 0 Å². The number of thioether (sulfide) groups is 1. The first kappa shape index (κ1) is 22.7. The number of aliphatic hydroxyl groups excluding tert-OH is 1. The lowest BCUT2D eigenvalue weighted by Gasteiger charge is -2.22. The number of carboxylic acid groups (broad SMARTS) is 1. The quantitative estimate of drug-likeness (QED) is 0.294. The zero-order valence-electron chi connectivity index (χ0n) is 16.1. The number of aliphatic hydroxyl groups is 1. The molecule has 3 atom stereocenters. The molecule has 158 valence electrons. The van der Waals surface area contributed by atoms with E-state index in [1.807, 2.05) is 30.5 Å². The second kappa shape index (κ2) is 10.8. The van der Waals surface area contributed by atoms with Crippen molar-refractivity contribution in [2.75, 3.05) is 18.6 Å². The van der Waals surface area contributed by atoms with Gasteiger partial charge in [-0.2, -0.15) is 11.8 Å². The van der Waals surface area contributed by atoms with Crippen molar-refractivity contribution < 1.29 is 24.6 Å². The van der Waals surface area contributed by atoms with Crippen molar-refractivity contribution in [3.8, 4) is 0 Å². The summed E-state index contributed by atoms with van der Waals surface area (Å²) in [5, 5.41) is 24.5. The summed E-state index contributed by atoms with van der Waals surface area (Å²) >= 11 is 1.49. The molecule has 29 heavy (non-hydrogen) atoms. The van der Waals surface area contributed by atoms with Crippen molar-refractivity contribution in [2.24, 2.45) is 5.73 Å². The number of aromatic amines is 1. The number of hydrogen-bond acceptors (Lipinski definition) is 6. The highest BCUT2D eigenvalue weighted by Gasteiger charge is 2.28. The molecule has 1 heterocycles. The van der Waals surface area contributed by atoms with Gasteiger partial charge in [0, 0.05) is 23.5 Å². The smallest absolute Gasteiger partial charge is 0.326 e. The molecule has 0 aliphatic heterocycles. The van der Waals surface area contributed by atoms with E-state index in [1.165, 1.54) is 11.8 Å². The molecular weight excluding hydrogens is 396 g/mol. The number of carboxylic acids is 1. The monoisotopic (exact) mass is 422 g/mol. The number of hydrogen-bond donors (Lipinski definition) is 6. The van der Waals surface area contributed by atoms with Crippen LogP contribution in [0.3, 0.4) is 0 Å². The van der Waals surface area contributed by atoms with Gasteiger partial charge >= 0.3 is 5.97 Å². The third kappa shape index (κ3) is 6.21. The zero-order valence-corrected chi connectivity index (χ0v) is 16.9. The van der Waals surface area contributed by atoms with E-state index in [9.17, 15) is 19.5 Å². The van der Waals surface area contributed by atoms with Crippen LogP contribution in [-0.4, -0.2) is 69.7 Å². The molecule has 1 aromatic heterocycles. The summed E-state index contributed by atoms with van der Waals surface area (Å²) in [6, 6.07) is 4.22. The maximum atomic E-state index is 12.7. The topological polar surface area (TPSA) is 158 Å². The Labute approximate surface area is 172 Å². The third-order valence-corrected chi connectivity index (χ3v) is 5.13. The molecule has 0 saturated heterocycles. The Morgan fingerprint density at radius 1 is 1.17 bits per heavy atom. The van der Waals surface area contributed by atoms with E-state index in [4.69, 9.17) is 10.8 Å². The molecule has 2 amide bonds. The lowest BCUT2D eigenvalue weighted by Crippen LogP contribution is -2.55. The van der Waals surface area contributed by atoms with Crippen LogP contribution in [0.2, 0.25) is 0 Å². The molecule has 7 N–H and O–H groups in total. The Morgan fingerprint density at radius 3 is 2.52 bits per heavy atom. The van der Waals surface area contributed by atoms with Crippen LogP contribution in [0.1, 0.15) is 12.0 Å². The van der Waals surface area contributed by atoms with E-state index in [0.717, 1.165) is 16.5 Å². The van der Waals surface area contributed by atoms with Crippen LogP contribution in [0.15, 0.2) is 30.5 Å². The van der Waals surface area contributed by atoms with Crippen molar-refractivity contribution in [1.82, 2.24) is 15.6 Å². The minimum Gasteiger partial charge on any atom is -0.480 e. The van der Waals surface area contributed by atoms with E-state index in [0.29, 0.717) is 12.2 Å². The predicted octanol–water partition coefficient (Wildman–Crippen LogP) is -0.163. The van der Waals surface area contributed by atoms with Gasteiger partial charge in [0.1, 0.15) is 18.1 Å². The van der Waals surface area contributed by atoms with Crippen LogP contribution in [0, 0.1) is 0 Å². The Bertz CT molecular complexity index is 856. The maximum absolute atomic E-state index is 12.7. The van der Waals surface area contributed by atoms with Crippen LogP contribution in [0.25, 0.3) is 10.9 Å². The second-order valence-electron chi connectivity index (χ2n) is 6.59. The molecule has 2 aromatic rings. The second-order valence-corrected chi connectivity index (χ2v) is 7.58. The van der Waals surface area contributed by atoms with Crippen molar-refractivity contribution in [2.45, 2.75) is 31.0 Å². The Hall–Kier alpha value is -2.56. The molecular formula is C19H26N4O5S. The van der Waals surface area contributed by atoms with E-state index < -0.39 is 42.5 Å². The summed E-state index contributed by atoms with van der Waals surface area (Å²) in [4.78, 5) is 39.5. The molecule has 0 aliphatic rings. The van der Waals surface area contributed by atoms with Gasteiger partial charge in [-0.05, 0) is 30.1 Å². The molecule has 3 unspecified atom stereocenters. The molecule has 9 nitrogen and oxygen atoms in total. The highest BCUT2D eigenvalue weighted by Crippen LogP contribution is 2.19. The van der Waals surface area contributed by atoms with Gasteiger partial charge in [-0.1, -0.05) is 18.2 Å². The van der Waals surface area contributed by atoms with Crippen LogP contribution in [0.5, 0.6) is 0 Å². The maximum Gasteiger partial charge on any atom is 0.326 e. The fraction of sp³-hybridized carbons (Fsp3) is 0.421. The molecule has 0 fully saturated rings. The number of rotatable bonds is 11. The molecule has 0 bridgehead atoms. The molecule has 0 saturated carbocycles. The third-order valence-electron chi connectivity index (χ3n) is 4.49. The summed E-state index contributed by atoms with van der Waals surface area (Å²) < 4.78 is 0. The molecule has 0 aliphatic carbocycles. The van der Waals surface area contributed by atoms with E-state index in [-0.39, 0.29) is 6.42 Å². The van der Waals surface area contributed by atoms with Crippen molar-refractivity contribution in [3.63, 3.8) is 0 Å². The molecule has 2 rings (SSSR count). The van der Waals surface area contributed by atoms with Crippen LogP contribution in [0.4, 0.5) is 0 Å². The minimum atomic E-state index is -1.18. The number of nitrogens with two attached hydrogens (primary N) is 1. The van der Waals surface area contributed by atoms with Gasteiger partial charge in [0.05, 0.1) is 6.61 Å². The number of aromatic nitrogens is 1. The molecule has 10 heteroatoms. The van der Waals surface area contributed by atoms with Crippen molar-refractivity contribution in [3.05, 3.63) is 36.0 Å². The summed E-state index contributed by atoms with van der Waals surface area (Å²) in [5.41, 5.74) is 7.13. The Kier molecular flexibility index (Phi) is 8.50. The number of nitrogens with one attached hydrogen (secondary N) is 3. The fourth-order valence-electron chi connectivity index (χ4n) is 2.86. The van der Waals surface area contributed by atoms with E-state index in [1.54, 1.807) is 6.20 Å². The van der Waals surface area contributed by atoms with E-state index >= 15 is 0 Å². The number of amides is 2. The van der Waals surface area contributed by atoms with Crippen LogP contribution in [-0.2, 0) is 20.8 Å². The van der Waals surface area contributed by atoms with Gasteiger partial charge in [0.2, 0.25) is 11.8 Å². The SMILES string of the molecule is CSCCC(NC(=O)C(N)CO)C(=O)NC(Cc1c[nH]c2ccccc12)C(=O)O. The summed E-state index contributed by atoms with van der Waals surface area (Å²) in [6.07, 6.45) is 3.97. The number of carbonyl (C=O) groups excluding carboxylic acids is 2. The fourth-order valence-corrected chi connectivity index (χ4v) is 3.33. The first-order valence-electron chi connectivity index (χ1n) is 9.11. The van der Waals surface area contributed by atoms with E-state index in [2.05, 4.69) is 15.6 Å². The Morgan fingerprint density at radius 2 is 1.86 bits per heavy atom. The van der Waals surface area contributed by atoms with Gasteiger partial charge in [-0.25, -0.2) is 4.79 Å². The van der Waals surface area contributed by atoms with Crippen molar-refractivity contribution in [1.29, 1.82) is 0 Å². The lowest BCUT2D eigenvalue weighted by atomic mass is 10.0. The predicted molar refractivity (Wildman–Crippen MR) is 112 cm³/mol. The normalized spacial score (nSPS) is 14.2. The first-order valence-corrected chi connectivity index (χ1v) is 10.5. The molecule has 0 spiro atoms. The standard InChI is InChI=1S/C19H26N4O5S/c1-29-7-6-15(22-17(25)13(20)10-24)18(26)23-16(19(27)28)8-11-9-21-14-5-3-2-4-12(11)14/h2-5,9,13,15-16,21,24H,6-8,10,20H2,1H3,(H,22,25)(H,23,26)(H,27,28). The van der Waals surface area contributed by atoms with Gasteiger partial charge < -0.3 is 31.6 Å². The van der Waals surface area contributed by atoms with Crippen LogP contribution >= 0.6 is 11.8 Å². The average molecular weight is 423 g/mol. The highest BCUT2D eigenvalue weighted by molar-refractivity contribution is 7.98. The largest absolute Gasteiger partial charge is 0.480 e. The van der Waals surface area contributed by atoms with Gasteiger partial charge in [-0.3, -0.25) is 9.59 Å². The zero-order chi connectivity index (χ0) is 21.4. The first-order chi connectivity index (χ1) is 13.9. The summed E-state index contributed by atoms with van der Waals surface area (Å²) in [5.74, 6) is -1.87. The summed E-state index contributed by atoms with van der Waals surface area (Å²) in [7, 11) is 0. The number of fused-ring (bicyclic) bond motifs is 1. The number of para-hydroxylation sites is 1. The van der Waals surface area contributed by atoms with Gasteiger partial charge in [0.15, 0.2) is 0 Å². The minimum absolute atomic E-state index is 0.0877. The number of benzene rings is 1. The lowest BCUT2D eigenvalue weighted by molar-refractivity contribution is -0.142. The average Bonchev–Trinajstić information content (AvgIpc) is 3.12. The number of aliphatic carboxylic acids is 1. The van der Waals surface area contributed by atoms with Crippen LogP contribution < -0.4 is 16.4 Å². The highest BCUT2D eigenvalue weighted by atomic mass is 32.2. The summed E-state index contributed by atoms with van der Waals surface area (Å²) in [6.45, 7) is -0.555. The molecule has 1 aromatic carbocycles. The molecule has 0 radical (unpaired) electrons. The number of carbonyl (C=O) groups is 3. The van der Waals surface area contributed by atoms with Crippen molar-refractivity contribution >= 4 is 40.4 Å². The number of H-pyrrole nitrogens is 1. The Balaban J connectivity index is 2.12.